The Hall–Kier alpha value is -2.76. The fourth-order valence-corrected chi connectivity index (χ4v) is 4.77. The number of hydrogen-bond donors (Lipinski definition) is 2. The van der Waals surface area contributed by atoms with Gasteiger partial charge in [0.05, 0.1) is 16.0 Å². The van der Waals surface area contributed by atoms with Gasteiger partial charge in [0.15, 0.2) is 10.3 Å². The van der Waals surface area contributed by atoms with Crippen LogP contribution in [-0.4, -0.2) is 43.9 Å². The first-order valence-corrected chi connectivity index (χ1v) is 12.3. The summed E-state index contributed by atoms with van der Waals surface area (Å²) in [5, 5.41) is 15.3. The maximum atomic E-state index is 12.3. The van der Waals surface area contributed by atoms with Gasteiger partial charge >= 0.3 is 0 Å². The second-order valence-electron chi connectivity index (χ2n) is 6.79. The number of halogens is 1. The number of hydrogen-bond acceptors (Lipinski definition) is 7. The molecule has 4 aromatic rings. The Balaban J connectivity index is 1.25. The molecule has 2 heterocycles. The Morgan fingerprint density at radius 2 is 1.91 bits per heavy atom. The lowest BCUT2D eigenvalue weighted by Gasteiger charge is -2.06. The van der Waals surface area contributed by atoms with Crippen molar-refractivity contribution >= 4 is 66.2 Å². The predicted molar refractivity (Wildman–Crippen MR) is 130 cm³/mol. The van der Waals surface area contributed by atoms with E-state index in [0.29, 0.717) is 28.8 Å². The van der Waals surface area contributed by atoms with Gasteiger partial charge in [-0.1, -0.05) is 51.2 Å². The molecule has 0 radical (unpaired) electrons. The first kappa shape index (κ1) is 22.4. The standard InChI is InChI=1S/C21H19BrN6O2S2/c1-28-17(10-11-23-19(30)13-6-8-14(22)9-7-13)26-27-21(28)31-12-18(29)25-20-24-15-4-2-3-5-16(15)32-20/h2-9H,10-12H2,1H3,(H,23,30)(H,24,25,29). The van der Waals surface area contributed by atoms with Gasteiger partial charge in [0.25, 0.3) is 5.91 Å². The molecule has 0 atom stereocenters. The number of thiazole rings is 1. The molecule has 11 heteroatoms. The molecule has 8 nitrogen and oxygen atoms in total. The monoisotopic (exact) mass is 530 g/mol. The van der Waals surface area contributed by atoms with Crippen LogP contribution in [0.2, 0.25) is 0 Å². The number of rotatable bonds is 8. The lowest BCUT2D eigenvalue weighted by molar-refractivity contribution is -0.113. The quantitative estimate of drug-likeness (QED) is 0.335. The fourth-order valence-electron chi connectivity index (χ4n) is 2.89. The van der Waals surface area contributed by atoms with Crippen LogP contribution in [0.15, 0.2) is 58.2 Å². The summed E-state index contributed by atoms with van der Waals surface area (Å²) < 4.78 is 3.79. The molecule has 2 N–H and O–H groups in total. The highest BCUT2D eigenvalue weighted by Gasteiger charge is 2.13. The summed E-state index contributed by atoms with van der Waals surface area (Å²) in [7, 11) is 1.85. The summed E-state index contributed by atoms with van der Waals surface area (Å²) in [5.41, 5.74) is 1.46. The van der Waals surface area contributed by atoms with E-state index in [1.54, 1.807) is 12.1 Å². The summed E-state index contributed by atoms with van der Waals surface area (Å²) >= 11 is 6.10. The van der Waals surface area contributed by atoms with Crippen LogP contribution in [0.25, 0.3) is 10.2 Å². The molecule has 0 aliphatic heterocycles. The second-order valence-corrected chi connectivity index (χ2v) is 9.68. The minimum Gasteiger partial charge on any atom is -0.352 e. The Labute approximate surface area is 201 Å². The summed E-state index contributed by atoms with van der Waals surface area (Å²) in [6, 6.07) is 14.9. The van der Waals surface area contributed by atoms with E-state index in [1.165, 1.54) is 23.1 Å². The molecule has 2 aromatic carbocycles. The Morgan fingerprint density at radius 3 is 2.69 bits per heavy atom. The van der Waals surface area contributed by atoms with Crippen LogP contribution in [0.4, 0.5) is 5.13 Å². The van der Waals surface area contributed by atoms with Crippen molar-refractivity contribution in [1.82, 2.24) is 25.1 Å². The van der Waals surface area contributed by atoms with Crippen molar-refractivity contribution in [2.45, 2.75) is 11.6 Å². The third-order valence-electron chi connectivity index (χ3n) is 4.54. The fraction of sp³-hybridized carbons (Fsp3) is 0.190. The molecule has 0 saturated heterocycles. The number of aromatic nitrogens is 4. The number of fused-ring (bicyclic) bond motifs is 1. The number of carbonyl (C=O) groups excluding carboxylic acids is 2. The lowest BCUT2D eigenvalue weighted by atomic mass is 10.2. The molecule has 0 spiro atoms. The smallest absolute Gasteiger partial charge is 0.251 e. The zero-order chi connectivity index (χ0) is 22.5. The van der Waals surface area contributed by atoms with Gasteiger partial charge in [0, 0.05) is 30.0 Å². The molecule has 0 aliphatic carbocycles. The lowest BCUT2D eigenvalue weighted by Crippen LogP contribution is -2.26. The third kappa shape index (κ3) is 5.53. The van der Waals surface area contributed by atoms with E-state index in [1.807, 2.05) is 48.0 Å². The van der Waals surface area contributed by atoms with E-state index in [2.05, 4.69) is 41.7 Å². The molecule has 164 valence electrons. The maximum absolute atomic E-state index is 12.3. The van der Waals surface area contributed by atoms with Crippen molar-refractivity contribution in [3.63, 3.8) is 0 Å². The molecule has 2 aromatic heterocycles. The van der Waals surface area contributed by atoms with Crippen molar-refractivity contribution in [1.29, 1.82) is 0 Å². The van der Waals surface area contributed by atoms with E-state index in [9.17, 15) is 9.59 Å². The SMILES string of the molecule is Cn1c(CCNC(=O)c2ccc(Br)cc2)nnc1SCC(=O)Nc1nc2ccccc2s1. The molecule has 0 aliphatic rings. The normalized spacial score (nSPS) is 10.9. The average Bonchev–Trinajstić information content (AvgIpc) is 3.35. The van der Waals surface area contributed by atoms with Crippen LogP contribution in [-0.2, 0) is 18.3 Å². The molecule has 4 rings (SSSR count). The van der Waals surface area contributed by atoms with Gasteiger partial charge in [0.1, 0.15) is 5.82 Å². The summed E-state index contributed by atoms with van der Waals surface area (Å²) in [5.74, 6) is 0.638. The van der Waals surface area contributed by atoms with Gasteiger partial charge in [-0.15, -0.1) is 10.2 Å². The molecule has 32 heavy (non-hydrogen) atoms. The second kappa shape index (κ2) is 10.2. The number of nitrogens with one attached hydrogen (secondary N) is 2. The van der Waals surface area contributed by atoms with Crippen LogP contribution in [0.5, 0.6) is 0 Å². The van der Waals surface area contributed by atoms with Crippen LogP contribution < -0.4 is 10.6 Å². The predicted octanol–water partition coefficient (Wildman–Crippen LogP) is 3.89. The maximum Gasteiger partial charge on any atom is 0.251 e. The highest BCUT2D eigenvalue weighted by atomic mass is 79.9. The average molecular weight is 531 g/mol. The first-order chi connectivity index (χ1) is 15.5. The number of amides is 2. The highest BCUT2D eigenvalue weighted by molar-refractivity contribution is 9.10. The zero-order valence-electron chi connectivity index (χ0n) is 17.0. The van der Waals surface area contributed by atoms with Crippen molar-refractivity contribution in [2.75, 3.05) is 17.6 Å². The topological polar surface area (TPSA) is 102 Å². The summed E-state index contributed by atoms with van der Waals surface area (Å²) in [6.07, 6.45) is 0.532. The number of thioether (sulfide) groups is 1. The number of para-hydroxylation sites is 1. The number of carbonyl (C=O) groups is 2. The molecule has 2 amide bonds. The van der Waals surface area contributed by atoms with Gasteiger partial charge in [-0.3, -0.25) is 9.59 Å². The van der Waals surface area contributed by atoms with Crippen LogP contribution >= 0.6 is 39.0 Å². The van der Waals surface area contributed by atoms with Crippen molar-refractivity contribution < 1.29 is 9.59 Å². The van der Waals surface area contributed by atoms with E-state index >= 15 is 0 Å². The Kier molecular flexibility index (Phi) is 7.18. The van der Waals surface area contributed by atoms with E-state index in [0.717, 1.165) is 20.5 Å². The number of benzene rings is 2. The molecule has 0 bridgehead atoms. The van der Waals surface area contributed by atoms with Crippen molar-refractivity contribution in [3.05, 3.63) is 64.4 Å². The summed E-state index contributed by atoms with van der Waals surface area (Å²) in [6.45, 7) is 0.434. The Morgan fingerprint density at radius 1 is 1.12 bits per heavy atom. The van der Waals surface area contributed by atoms with Gasteiger partial charge < -0.3 is 15.2 Å². The van der Waals surface area contributed by atoms with E-state index in [-0.39, 0.29) is 17.6 Å². The molecule has 0 unspecified atom stereocenters. The van der Waals surface area contributed by atoms with E-state index in [4.69, 9.17) is 0 Å². The molecule has 0 saturated carbocycles. The molecular weight excluding hydrogens is 512 g/mol. The van der Waals surface area contributed by atoms with Gasteiger partial charge in [-0.05, 0) is 36.4 Å². The van der Waals surface area contributed by atoms with Crippen LogP contribution in [0.1, 0.15) is 16.2 Å². The minimum absolute atomic E-state index is 0.138. The van der Waals surface area contributed by atoms with E-state index < -0.39 is 0 Å². The highest BCUT2D eigenvalue weighted by Crippen LogP contribution is 2.25. The minimum atomic E-state index is -0.152. The summed E-state index contributed by atoms with van der Waals surface area (Å²) in [4.78, 5) is 28.9. The van der Waals surface area contributed by atoms with Crippen LogP contribution in [0.3, 0.4) is 0 Å². The molecule has 0 fully saturated rings. The van der Waals surface area contributed by atoms with Crippen LogP contribution in [0, 0.1) is 0 Å². The third-order valence-corrected chi connectivity index (χ3v) is 7.04. The zero-order valence-corrected chi connectivity index (χ0v) is 20.3. The van der Waals surface area contributed by atoms with Crippen molar-refractivity contribution in [3.8, 4) is 0 Å². The first-order valence-electron chi connectivity index (χ1n) is 9.70. The molecular formula is C21H19BrN6O2S2. The van der Waals surface area contributed by atoms with Gasteiger partial charge in [-0.2, -0.15) is 0 Å². The van der Waals surface area contributed by atoms with Gasteiger partial charge in [0.2, 0.25) is 5.91 Å². The number of nitrogens with zero attached hydrogens (tertiary/aromatic N) is 4. The van der Waals surface area contributed by atoms with Crippen molar-refractivity contribution in [2.24, 2.45) is 7.05 Å². The Bertz CT molecular complexity index is 1220. The van der Waals surface area contributed by atoms with Gasteiger partial charge in [-0.25, -0.2) is 4.98 Å². The number of anilines is 1. The largest absolute Gasteiger partial charge is 0.352 e.